The van der Waals surface area contributed by atoms with E-state index in [0.29, 0.717) is 12.5 Å². The van der Waals surface area contributed by atoms with Crippen LogP contribution < -0.4 is 11.1 Å². The first kappa shape index (κ1) is 12.1. The number of furan rings is 1. The average Bonchev–Trinajstić information content (AvgIpc) is 2.77. The molecular formula is C15H19N3O. The maximum absolute atomic E-state index is 5.84. The second-order valence-electron chi connectivity index (χ2n) is 5.13. The lowest BCUT2D eigenvalue weighted by Crippen LogP contribution is -2.37. The molecule has 1 aromatic heterocycles. The van der Waals surface area contributed by atoms with Crippen LogP contribution in [0.3, 0.4) is 0 Å². The zero-order chi connectivity index (χ0) is 13.1. The number of fused-ring (bicyclic) bond motifs is 1. The highest BCUT2D eigenvalue weighted by molar-refractivity contribution is 5.79. The summed E-state index contributed by atoms with van der Waals surface area (Å²) >= 11 is 0. The topological polar surface area (TPSA) is 63.5 Å². The molecule has 1 heterocycles. The van der Waals surface area contributed by atoms with Crippen LogP contribution >= 0.6 is 0 Å². The quantitative estimate of drug-likeness (QED) is 0.653. The number of aliphatic imine (C=N–C) groups is 1. The molecule has 1 aromatic carbocycles. The summed E-state index contributed by atoms with van der Waals surface area (Å²) in [4.78, 5) is 4.31. The maximum atomic E-state index is 5.84. The van der Waals surface area contributed by atoms with Crippen LogP contribution in [0.4, 0.5) is 0 Å². The fourth-order valence-electron chi connectivity index (χ4n) is 2.28. The number of nitrogens with zero attached hydrogens (tertiary/aromatic N) is 1. The lowest BCUT2D eigenvalue weighted by molar-refractivity contribution is 0.315. The first-order chi connectivity index (χ1) is 9.31. The molecule has 4 heteroatoms. The fraction of sp³-hybridized carbons (Fsp3) is 0.400. The van der Waals surface area contributed by atoms with Crippen LogP contribution in [-0.2, 0) is 6.54 Å². The number of benzene rings is 1. The van der Waals surface area contributed by atoms with Gasteiger partial charge in [0.2, 0.25) is 0 Å². The van der Waals surface area contributed by atoms with E-state index < -0.39 is 0 Å². The Labute approximate surface area is 112 Å². The van der Waals surface area contributed by atoms with Gasteiger partial charge in [-0.25, -0.2) is 4.99 Å². The van der Waals surface area contributed by atoms with Gasteiger partial charge in [-0.15, -0.1) is 0 Å². The van der Waals surface area contributed by atoms with E-state index in [1.807, 2.05) is 30.3 Å². The van der Waals surface area contributed by atoms with E-state index in [4.69, 9.17) is 10.2 Å². The van der Waals surface area contributed by atoms with Crippen LogP contribution in [0, 0.1) is 5.92 Å². The number of nitrogens with two attached hydrogens (primary N) is 1. The van der Waals surface area contributed by atoms with Gasteiger partial charge in [0.05, 0.1) is 0 Å². The standard InChI is InChI=1S/C15H19N3O/c16-15(17-9-11-4-3-5-11)18-10-13-8-12-6-1-2-7-14(12)19-13/h1-2,6-8,11H,3-5,9-10H2,(H3,16,17,18). The highest BCUT2D eigenvalue weighted by atomic mass is 16.3. The number of hydrogen-bond donors (Lipinski definition) is 2. The Morgan fingerprint density at radius 1 is 1.37 bits per heavy atom. The predicted octanol–water partition coefficient (Wildman–Crippen LogP) is 2.64. The molecule has 1 saturated carbocycles. The Hall–Kier alpha value is -1.97. The van der Waals surface area contributed by atoms with Crippen LogP contribution in [0.25, 0.3) is 11.0 Å². The molecule has 3 N–H and O–H groups in total. The zero-order valence-corrected chi connectivity index (χ0v) is 10.9. The Balaban J connectivity index is 1.57. The summed E-state index contributed by atoms with van der Waals surface area (Å²) in [5.41, 5.74) is 6.74. The molecule has 0 radical (unpaired) electrons. The summed E-state index contributed by atoms with van der Waals surface area (Å²) in [7, 11) is 0. The fourth-order valence-corrected chi connectivity index (χ4v) is 2.28. The number of hydrogen-bond acceptors (Lipinski definition) is 2. The van der Waals surface area contributed by atoms with E-state index >= 15 is 0 Å². The van der Waals surface area contributed by atoms with Crippen molar-refractivity contribution in [1.82, 2.24) is 5.32 Å². The molecule has 4 nitrogen and oxygen atoms in total. The van der Waals surface area contributed by atoms with Gasteiger partial charge in [-0.05, 0) is 30.9 Å². The molecule has 1 aliphatic rings. The first-order valence-electron chi connectivity index (χ1n) is 6.82. The minimum atomic E-state index is 0.484. The van der Waals surface area contributed by atoms with Gasteiger partial charge >= 0.3 is 0 Å². The minimum absolute atomic E-state index is 0.484. The van der Waals surface area contributed by atoms with Crippen molar-refractivity contribution >= 4 is 16.9 Å². The third-order valence-corrected chi connectivity index (χ3v) is 3.68. The number of rotatable bonds is 4. The molecule has 0 unspecified atom stereocenters. The minimum Gasteiger partial charge on any atom is -0.459 e. The molecule has 0 spiro atoms. The van der Waals surface area contributed by atoms with Crippen LogP contribution in [-0.4, -0.2) is 12.5 Å². The van der Waals surface area contributed by atoms with Crippen LogP contribution in [0.2, 0.25) is 0 Å². The Morgan fingerprint density at radius 3 is 2.95 bits per heavy atom. The molecule has 2 aromatic rings. The molecule has 0 atom stereocenters. The van der Waals surface area contributed by atoms with Gasteiger partial charge in [-0.2, -0.15) is 0 Å². The third-order valence-electron chi connectivity index (χ3n) is 3.68. The normalized spacial score (nSPS) is 16.5. The van der Waals surface area contributed by atoms with Crippen molar-refractivity contribution in [1.29, 1.82) is 0 Å². The number of para-hydroxylation sites is 1. The summed E-state index contributed by atoms with van der Waals surface area (Å²) in [5, 5.41) is 4.28. The molecule has 1 fully saturated rings. The Bertz CT molecular complexity index is 551. The lowest BCUT2D eigenvalue weighted by Gasteiger charge is -2.25. The summed E-state index contributed by atoms with van der Waals surface area (Å²) in [6.45, 7) is 1.42. The molecule has 19 heavy (non-hydrogen) atoms. The largest absolute Gasteiger partial charge is 0.459 e. The van der Waals surface area contributed by atoms with E-state index in [1.54, 1.807) is 0 Å². The van der Waals surface area contributed by atoms with Crippen molar-refractivity contribution in [2.24, 2.45) is 16.6 Å². The molecule has 100 valence electrons. The Morgan fingerprint density at radius 2 is 2.21 bits per heavy atom. The Kier molecular flexibility index (Phi) is 3.40. The molecule has 0 saturated heterocycles. The second kappa shape index (κ2) is 5.34. The smallest absolute Gasteiger partial charge is 0.189 e. The van der Waals surface area contributed by atoms with Crippen molar-refractivity contribution in [3.8, 4) is 0 Å². The number of nitrogens with one attached hydrogen (secondary N) is 1. The van der Waals surface area contributed by atoms with Gasteiger partial charge in [0, 0.05) is 11.9 Å². The van der Waals surface area contributed by atoms with Gasteiger partial charge < -0.3 is 15.5 Å². The van der Waals surface area contributed by atoms with Gasteiger partial charge in [0.15, 0.2) is 5.96 Å². The van der Waals surface area contributed by atoms with Gasteiger partial charge in [-0.1, -0.05) is 24.6 Å². The van der Waals surface area contributed by atoms with E-state index in [1.165, 1.54) is 19.3 Å². The molecule has 0 amide bonds. The first-order valence-corrected chi connectivity index (χ1v) is 6.82. The molecule has 1 aliphatic carbocycles. The van der Waals surface area contributed by atoms with Crippen LogP contribution in [0.1, 0.15) is 25.0 Å². The molecular weight excluding hydrogens is 238 g/mol. The maximum Gasteiger partial charge on any atom is 0.189 e. The molecule has 0 bridgehead atoms. The zero-order valence-electron chi connectivity index (χ0n) is 10.9. The average molecular weight is 257 g/mol. The second-order valence-corrected chi connectivity index (χ2v) is 5.13. The summed E-state index contributed by atoms with van der Waals surface area (Å²) in [5.74, 6) is 2.13. The lowest BCUT2D eigenvalue weighted by atomic mass is 9.85. The SMILES string of the molecule is NC(=NCc1cc2ccccc2o1)NCC1CCC1. The predicted molar refractivity (Wildman–Crippen MR) is 76.9 cm³/mol. The molecule has 0 aliphatic heterocycles. The monoisotopic (exact) mass is 257 g/mol. The van der Waals surface area contributed by atoms with E-state index in [9.17, 15) is 0 Å². The third kappa shape index (κ3) is 2.89. The van der Waals surface area contributed by atoms with Gasteiger partial charge in [0.1, 0.15) is 17.9 Å². The molecule has 3 rings (SSSR count). The number of guanidine groups is 1. The van der Waals surface area contributed by atoms with Crippen molar-refractivity contribution in [2.75, 3.05) is 6.54 Å². The van der Waals surface area contributed by atoms with Crippen LogP contribution in [0.15, 0.2) is 39.7 Å². The van der Waals surface area contributed by atoms with E-state index in [0.717, 1.165) is 29.2 Å². The van der Waals surface area contributed by atoms with E-state index in [2.05, 4.69) is 10.3 Å². The van der Waals surface area contributed by atoms with Crippen molar-refractivity contribution < 1.29 is 4.42 Å². The van der Waals surface area contributed by atoms with Crippen molar-refractivity contribution in [2.45, 2.75) is 25.8 Å². The van der Waals surface area contributed by atoms with Crippen molar-refractivity contribution in [3.63, 3.8) is 0 Å². The van der Waals surface area contributed by atoms with Gasteiger partial charge in [-0.3, -0.25) is 0 Å². The van der Waals surface area contributed by atoms with E-state index in [-0.39, 0.29) is 0 Å². The summed E-state index contributed by atoms with van der Waals surface area (Å²) in [6, 6.07) is 9.97. The summed E-state index contributed by atoms with van der Waals surface area (Å²) in [6.07, 6.45) is 3.97. The van der Waals surface area contributed by atoms with Gasteiger partial charge in [0.25, 0.3) is 0 Å². The summed E-state index contributed by atoms with van der Waals surface area (Å²) < 4.78 is 5.69. The highest BCUT2D eigenvalue weighted by Gasteiger charge is 2.16. The highest BCUT2D eigenvalue weighted by Crippen LogP contribution is 2.25. The van der Waals surface area contributed by atoms with Crippen molar-refractivity contribution in [3.05, 3.63) is 36.1 Å². The van der Waals surface area contributed by atoms with Crippen LogP contribution in [0.5, 0.6) is 0 Å².